The number of aliphatic carboxylic acids is 1. The number of hydrogen-bond acceptors (Lipinski definition) is 3. The van der Waals surface area contributed by atoms with E-state index in [9.17, 15) is 23.3 Å². The van der Waals surface area contributed by atoms with E-state index < -0.39 is 22.8 Å². The summed E-state index contributed by atoms with van der Waals surface area (Å²) in [5, 5.41) is 9.42. The smallest absolute Gasteiger partial charge is 0.326 e. The lowest BCUT2D eigenvalue weighted by Crippen LogP contribution is -2.40. The van der Waals surface area contributed by atoms with E-state index >= 15 is 0 Å². The molecule has 2 aromatic carbocycles. The van der Waals surface area contributed by atoms with Crippen LogP contribution in [0.4, 0.5) is 4.39 Å². The fourth-order valence-electron chi connectivity index (χ4n) is 4.48. The highest BCUT2D eigenvalue weighted by atomic mass is 32.2. The van der Waals surface area contributed by atoms with Crippen molar-refractivity contribution < 1.29 is 23.3 Å². The summed E-state index contributed by atoms with van der Waals surface area (Å²) in [5.74, 6) is -1.63. The van der Waals surface area contributed by atoms with Gasteiger partial charge in [-0.15, -0.1) is 0 Å². The molecule has 1 aliphatic heterocycles. The molecule has 7 heteroatoms. The first-order valence-corrected chi connectivity index (χ1v) is 12.0. The first-order chi connectivity index (χ1) is 15.3. The number of rotatable bonds is 5. The zero-order valence-electron chi connectivity index (χ0n) is 17.9. The van der Waals surface area contributed by atoms with Gasteiger partial charge in [0.15, 0.2) is 0 Å². The maximum Gasteiger partial charge on any atom is 0.326 e. The highest BCUT2D eigenvalue weighted by molar-refractivity contribution is 7.84. The van der Waals surface area contributed by atoms with Gasteiger partial charge >= 0.3 is 5.97 Å². The van der Waals surface area contributed by atoms with E-state index in [1.807, 2.05) is 37.3 Å². The molecule has 0 spiro atoms. The van der Waals surface area contributed by atoms with Crippen LogP contribution in [0.15, 0.2) is 52.9 Å². The third kappa shape index (κ3) is 4.17. The molecule has 0 aromatic heterocycles. The number of carboxylic acid groups (broad SMARTS) is 1. The van der Waals surface area contributed by atoms with Gasteiger partial charge in [-0.1, -0.05) is 18.2 Å². The Kier molecular flexibility index (Phi) is 6.11. The van der Waals surface area contributed by atoms with Gasteiger partial charge in [0.25, 0.3) is 0 Å². The lowest BCUT2D eigenvalue weighted by Gasteiger charge is -2.22. The minimum atomic E-state index is -1.06. The first-order valence-electron chi connectivity index (χ1n) is 10.4. The number of halogens is 1. The van der Waals surface area contributed by atoms with E-state index in [2.05, 4.69) is 0 Å². The number of allylic oxidation sites excluding steroid dienone is 2. The number of hydrogen-bond donors (Lipinski definition) is 1. The SMILES string of the molecule is CC1=C(CC(=O)N2CCCC2C(=O)O)c2cc(F)ccc2/C1=C/c1ccc(S(C)=O)cc1. The minimum Gasteiger partial charge on any atom is -0.480 e. The van der Waals surface area contributed by atoms with E-state index in [1.54, 1.807) is 12.3 Å². The summed E-state index contributed by atoms with van der Waals surface area (Å²) >= 11 is 0. The number of nitrogens with zero attached hydrogens (tertiary/aromatic N) is 1. The summed E-state index contributed by atoms with van der Waals surface area (Å²) in [5.41, 5.74) is 4.89. The summed E-state index contributed by atoms with van der Waals surface area (Å²) in [7, 11) is -1.06. The van der Waals surface area contributed by atoms with E-state index in [-0.39, 0.29) is 18.1 Å². The molecule has 166 valence electrons. The van der Waals surface area contributed by atoms with Crippen LogP contribution in [0.2, 0.25) is 0 Å². The van der Waals surface area contributed by atoms with Gasteiger partial charge in [0.2, 0.25) is 5.91 Å². The number of carbonyl (C=O) groups is 2. The molecule has 1 N–H and O–H groups in total. The van der Waals surface area contributed by atoms with Gasteiger partial charge < -0.3 is 10.0 Å². The Morgan fingerprint density at radius 1 is 1.19 bits per heavy atom. The lowest BCUT2D eigenvalue weighted by atomic mass is 10.0. The van der Waals surface area contributed by atoms with Gasteiger partial charge in [0.05, 0.1) is 6.42 Å². The van der Waals surface area contributed by atoms with Crippen LogP contribution in [-0.2, 0) is 20.4 Å². The fourth-order valence-corrected chi connectivity index (χ4v) is 5.00. The third-order valence-corrected chi connectivity index (χ3v) is 7.10. The fraction of sp³-hybridized carbons (Fsp3) is 0.280. The second-order valence-corrected chi connectivity index (χ2v) is 9.51. The van der Waals surface area contributed by atoms with Gasteiger partial charge in [-0.3, -0.25) is 9.00 Å². The second-order valence-electron chi connectivity index (χ2n) is 8.13. The normalized spacial score (nSPS) is 20.0. The third-order valence-electron chi connectivity index (χ3n) is 6.16. The number of carboxylic acids is 1. The number of likely N-dealkylation sites (tertiary alicyclic amines) is 1. The van der Waals surface area contributed by atoms with E-state index in [0.29, 0.717) is 24.9 Å². The van der Waals surface area contributed by atoms with Crippen molar-refractivity contribution in [2.75, 3.05) is 12.8 Å². The van der Waals surface area contributed by atoms with Crippen molar-refractivity contribution in [3.05, 3.63) is 70.5 Å². The minimum absolute atomic E-state index is 0.0250. The van der Waals surface area contributed by atoms with Crippen molar-refractivity contribution in [2.24, 2.45) is 0 Å². The molecular formula is C25H24FNO4S. The van der Waals surface area contributed by atoms with Crippen LogP contribution in [-0.4, -0.2) is 44.9 Å². The van der Waals surface area contributed by atoms with Gasteiger partial charge in [-0.05, 0) is 83.5 Å². The van der Waals surface area contributed by atoms with Crippen LogP contribution in [0.3, 0.4) is 0 Å². The lowest BCUT2D eigenvalue weighted by molar-refractivity contribution is -0.147. The summed E-state index contributed by atoms with van der Waals surface area (Å²) in [6.45, 7) is 2.33. The average Bonchev–Trinajstić information content (AvgIpc) is 3.34. The van der Waals surface area contributed by atoms with Crippen molar-refractivity contribution in [1.82, 2.24) is 4.90 Å². The van der Waals surface area contributed by atoms with Gasteiger partial charge in [-0.25, -0.2) is 9.18 Å². The molecule has 0 radical (unpaired) electrons. The quantitative estimate of drug-likeness (QED) is 0.730. The van der Waals surface area contributed by atoms with Crippen molar-refractivity contribution in [3.8, 4) is 0 Å². The molecule has 2 unspecified atom stereocenters. The first kappa shape index (κ1) is 22.1. The standard InChI is InChI=1S/C25H24FNO4S/c1-15-20(12-16-5-8-18(9-6-16)32(2)31)19-10-7-17(26)13-22(19)21(15)14-24(28)27-11-3-4-23(27)25(29)30/h5-10,12-13,23H,3-4,11,14H2,1-2H3,(H,29,30)/b20-12+. The van der Waals surface area contributed by atoms with Gasteiger partial charge in [-0.2, -0.15) is 0 Å². The maximum absolute atomic E-state index is 14.1. The van der Waals surface area contributed by atoms with Crippen molar-refractivity contribution in [2.45, 2.75) is 37.1 Å². The van der Waals surface area contributed by atoms with Gasteiger partial charge in [0.1, 0.15) is 11.9 Å². The Balaban J connectivity index is 1.71. The van der Waals surface area contributed by atoms with Crippen LogP contribution in [0, 0.1) is 5.82 Å². The molecule has 2 atom stereocenters. The monoisotopic (exact) mass is 453 g/mol. The summed E-state index contributed by atoms with van der Waals surface area (Å²) in [4.78, 5) is 26.7. The molecule has 0 bridgehead atoms. The van der Waals surface area contributed by atoms with Crippen molar-refractivity contribution >= 4 is 39.9 Å². The largest absolute Gasteiger partial charge is 0.480 e. The highest BCUT2D eigenvalue weighted by Gasteiger charge is 2.35. The molecule has 32 heavy (non-hydrogen) atoms. The predicted octanol–water partition coefficient (Wildman–Crippen LogP) is 4.36. The Morgan fingerprint density at radius 2 is 1.91 bits per heavy atom. The molecule has 4 rings (SSSR count). The number of fused-ring (bicyclic) bond motifs is 1. The van der Waals surface area contributed by atoms with Crippen LogP contribution >= 0.6 is 0 Å². The van der Waals surface area contributed by atoms with Crippen molar-refractivity contribution in [3.63, 3.8) is 0 Å². The molecule has 2 aromatic rings. The molecule has 1 fully saturated rings. The molecule has 1 amide bonds. The van der Waals surface area contributed by atoms with Crippen LogP contribution in [0.25, 0.3) is 17.2 Å². The zero-order valence-corrected chi connectivity index (χ0v) is 18.7. The van der Waals surface area contributed by atoms with Crippen molar-refractivity contribution in [1.29, 1.82) is 0 Å². The van der Waals surface area contributed by atoms with E-state index in [4.69, 9.17) is 0 Å². The van der Waals surface area contributed by atoms with Gasteiger partial charge in [0, 0.05) is 28.5 Å². The molecule has 1 heterocycles. The topological polar surface area (TPSA) is 74.7 Å². The van der Waals surface area contributed by atoms with Crippen LogP contribution < -0.4 is 0 Å². The Labute approximate surface area is 188 Å². The molecule has 2 aliphatic rings. The summed E-state index contributed by atoms with van der Waals surface area (Å²) in [6.07, 6.45) is 4.74. The Bertz CT molecular complexity index is 1180. The average molecular weight is 454 g/mol. The molecule has 1 saturated heterocycles. The number of amides is 1. The summed E-state index contributed by atoms with van der Waals surface area (Å²) < 4.78 is 25.7. The van der Waals surface area contributed by atoms with Crippen LogP contribution in [0.5, 0.6) is 0 Å². The Hall–Kier alpha value is -3.06. The molecule has 1 aliphatic carbocycles. The molecule has 5 nitrogen and oxygen atoms in total. The summed E-state index contributed by atoms with van der Waals surface area (Å²) in [6, 6.07) is 11.1. The number of benzene rings is 2. The maximum atomic E-state index is 14.1. The Morgan fingerprint density at radius 3 is 2.56 bits per heavy atom. The van der Waals surface area contributed by atoms with E-state index in [0.717, 1.165) is 32.7 Å². The zero-order chi connectivity index (χ0) is 23.0. The number of carbonyl (C=O) groups excluding carboxylic acids is 1. The molecular weight excluding hydrogens is 429 g/mol. The van der Waals surface area contributed by atoms with E-state index in [1.165, 1.54) is 17.0 Å². The predicted molar refractivity (Wildman–Crippen MR) is 123 cm³/mol. The molecule has 0 saturated carbocycles. The van der Waals surface area contributed by atoms with Crippen LogP contribution in [0.1, 0.15) is 42.9 Å². The highest BCUT2D eigenvalue weighted by Crippen LogP contribution is 2.44. The second kappa shape index (κ2) is 8.82.